The van der Waals surface area contributed by atoms with Crippen LogP contribution in [-0.4, -0.2) is 60.1 Å². The number of aromatic nitrogens is 2. The Morgan fingerprint density at radius 1 is 0.865 bits per heavy atom. The topological polar surface area (TPSA) is 93.4 Å². The van der Waals surface area contributed by atoms with Gasteiger partial charge in [-0.2, -0.15) is 5.10 Å². The van der Waals surface area contributed by atoms with Crippen LogP contribution in [0, 0.1) is 11.6 Å². The van der Waals surface area contributed by atoms with Gasteiger partial charge in [0, 0.05) is 60.3 Å². The minimum Gasteiger partial charge on any atom is -0.369 e. The first-order chi connectivity index (χ1) is 17.8. The van der Waals surface area contributed by atoms with E-state index in [4.69, 9.17) is 0 Å². The van der Waals surface area contributed by atoms with Crippen LogP contribution in [0.1, 0.15) is 6.42 Å². The van der Waals surface area contributed by atoms with E-state index >= 15 is 0 Å². The first-order valence-corrected chi connectivity index (χ1v) is 11.9. The number of benzene rings is 3. The number of fused-ring (bicyclic) bond motifs is 1. The van der Waals surface area contributed by atoms with Crippen LogP contribution in [-0.2, 0) is 9.59 Å². The highest BCUT2D eigenvalue weighted by Gasteiger charge is 2.16. The molecule has 0 aliphatic carbocycles. The number of anilines is 3. The summed E-state index contributed by atoms with van der Waals surface area (Å²) in [4.78, 5) is 29.1. The molecule has 10 heteroatoms. The van der Waals surface area contributed by atoms with E-state index in [1.165, 1.54) is 5.69 Å². The Kier molecular flexibility index (Phi) is 6.82. The molecule has 0 unspecified atom stereocenters. The normalized spacial score (nSPS) is 14.1. The van der Waals surface area contributed by atoms with Gasteiger partial charge in [-0.25, -0.2) is 8.78 Å². The molecule has 2 heterocycles. The van der Waals surface area contributed by atoms with Crippen LogP contribution in [0.25, 0.3) is 22.2 Å². The Bertz CT molecular complexity index is 1430. The standard InChI is InChI=1S/C27H26F2N6O2/c1-34-8-10-35(11-9-34)22-5-2-17(3-6-22)27-23-7-4-20(15-24(23)32-33-27)30-25(36)16-26(37)31-21-13-18(28)12-19(29)14-21/h2-7,12-15H,8-11,16H2,1H3,(H,30,36)(H,31,37)(H,32,33). The summed E-state index contributed by atoms with van der Waals surface area (Å²) in [6.07, 6.45) is -0.510. The quantitative estimate of drug-likeness (QED) is 0.342. The van der Waals surface area contributed by atoms with Crippen LogP contribution in [0.3, 0.4) is 0 Å². The third kappa shape index (κ3) is 5.75. The van der Waals surface area contributed by atoms with Crippen molar-refractivity contribution >= 4 is 39.8 Å². The molecule has 0 radical (unpaired) electrons. The number of hydrogen-bond donors (Lipinski definition) is 3. The average Bonchev–Trinajstić information content (AvgIpc) is 3.27. The first kappa shape index (κ1) is 24.4. The smallest absolute Gasteiger partial charge is 0.233 e. The van der Waals surface area contributed by atoms with Gasteiger partial charge in [-0.3, -0.25) is 14.7 Å². The minimum absolute atomic E-state index is 0.0572. The van der Waals surface area contributed by atoms with Crippen LogP contribution < -0.4 is 15.5 Å². The van der Waals surface area contributed by atoms with Crippen molar-refractivity contribution in [2.24, 2.45) is 0 Å². The number of likely N-dealkylation sites (N-methyl/N-ethyl adjacent to an activating group) is 1. The molecule has 4 aromatic rings. The molecule has 3 N–H and O–H groups in total. The van der Waals surface area contributed by atoms with Gasteiger partial charge in [-0.1, -0.05) is 12.1 Å². The molecular formula is C27H26F2N6O2. The van der Waals surface area contributed by atoms with Crippen LogP contribution in [0.2, 0.25) is 0 Å². The van der Waals surface area contributed by atoms with E-state index < -0.39 is 29.9 Å². The highest BCUT2D eigenvalue weighted by Crippen LogP contribution is 2.30. The van der Waals surface area contributed by atoms with E-state index in [0.717, 1.165) is 60.5 Å². The lowest BCUT2D eigenvalue weighted by molar-refractivity contribution is -0.123. The number of nitrogens with zero attached hydrogens (tertiary/aromatic N) is 3. The van der Waals surface area contributed by atoms with Gasteiger partial charge in [0.1, 0.15) is 18.1 Å². The number of carbonyl (C=O) groups excluding carboxylic acids is 2. The molecule has 8 nitrogen and oxygen atoms in total. The van der Waals surface area contributed by atoms with E-state index in [-0.39, 0.29) is 5.69 Å². The maximum Gasteiger partial charge on any atom is 0.233 e. The monoisotopic (exact) mass is 504 g/mol. The molecule has 1 fully saturated rings. The Balaban J connectivity index is 1.22. The number of rotatable bonds is 6. The Morgan fingerprint density at radius 2 is 1.51 bits per heavy atom. The molecular weight excluding hydrogens is 478 g/mol. The lowest BCUT2D eigenvalue weighted by atomic mass is 10.1. The van der Waals surface area contributed by atoms with Gasteiger partial charge in [0.2, 0.25) is 11.8 Å². The molecule has 0 spiro atoms. The largest absolute Gasteiger partial charge is 0.369 e. The minimum atomic E-state index is -0.821. The molecule has 1 aliphatic heterocycles. The summed E-state index contributed by atoms with van der Waals surface area (Å²) in [5, 5.41) is 13.3. The summed E-state index contributed by atoms with van der Waals surface area (Å²) in [7, 11) is 2.13. The van der Waals surface area contributed by atoms with Crippen molar-refractivity contribution in [1.29, 1.82) is 0 Å². The third-order valence-electron chi connectivity index (χ3n) is 6.32. The summed E-state index contributed by atoms with van der Waals surface area (Å²) in [5.74, 6) is -2.89. The van der Waals surface area contributed by atoms with Gasteiger partial charge in [0.25, 0.3) is 0 Å². The molecule has 37 heavy (non-hydrogen) atoms. The van der Waals surface area contributed by atoms with Crippen molar-refractivity contribution in [3.05, 3.63) is 72.3 Å². The van der Waals surface area contributed by atoms with Gasteiger partial charge < -0.3 is 20.4 Å². The highest BCUT2D eigenvalue weighted by molar-refractivity contribution is 6.08. The van der Waals surface area contributed by atoms with Crippen molar-refractivity contribution in [1.82, 2.24) is 15.1 Å². The molecule has 5 rings (SSSR count). The number of amides is 2. The average molecular weight is 505 g/mol. The second-order valence-electron chi connectivity index (χ2n) is 9.10. The molecule has 1 aromatic heterocycles. The molecule has 0 bridgehead atoms. The van der Waals surface area contributed by atoms with Gasteiger partial charge >= 0.3 is 0 Å². The molecule has 1 aliphatic rings. The fraction of sp³-hybridized carbons (Fsp3) is 0.222. The SMILES string of the molecule is CN1CCN(c2ccc(-c3n[nH]c4cc(NC(=O)CC(=O)Nc5cc(F)cc(F)c5)ccc34)cc2)CC1. The second-order valence-corrected chi connectivity index (χ2v) is 9.10. The van der Waals surface area contributed by atoms with Crippen molar-refractivity contribution in [2.45, 2.75) is 6.42 Å². The van der Waals surface area contributed by atoms with Crippen LogP contribution in [0.15, 0.2) is 60.7 Å². The summed E-state index contributed by atoms with van der Waals surface area (Å²) in [6, 6.07) is 16.3. The fourth-order valence-corrected chi connectivity index (χ4v) is 4.39. The van der Waals surface area contributed by atoms with Crippen molar-refractivity contribution < 1.29 is 18.4 Å². The molecule has 0 atom stereocenters. The van der Waals surface area contributed by atoms with E-state index in [0.29, 0.717) is 11.8 Å². The number of aromatic amines is 1. The first-order valence-electron chi connectivity index (χ1n) is 11.9. The lowest BCUT2D eigenvalue weighted by Gasteiger charge is -2.34. The van der Waals surface area contributed by atoms with Crippen LogP contribution in [0.4, 0.5) is 25.8 Å². The molecule has 1 saturated heterocycles. The summed E-state index contributed by atoms with van der Waals surface area (Å²) < 4.78 is 26.6. The third-order valence-corrected chi connectivity index (χ3v) is 6.32. The Hall–Kier alpha value is -4.31. The predicted octanol–water partition coefficient (Wildman–Crippen LogP) is 4.23. The maximum atomic E-state index is 13.3. The van der Waals surface area contributed by atoms with E-state index in [2.05, 4.69) is 61.9 Å². The lowest BCUT2D eigenvalue weighted by Crippen LogP contribution is -2.44. The van der Waals surface area contributed by atoms with Gasteiger partial charge in [0.05, 0.1) is 11.2 Å². The van der Waals surface area contributed by atoms with Crippen LogP contribution in [0.5, 0.6) is 0 Å². The number of piperazine rings is 1. The van der Waals surface area contributed by atoms with E-state index in [1.807, 2.05) is 6.07 Å². The van der Waals surface area contributed by atoms with Gasteiger partial charge in [-0.15, -0.1) is 0 Å². The van der Waals surface area contributed by atoms with E-state index in [1.54, 1.807) is 12.1 Å². The fourth-order valence-electron chi connectivity index (χ4n) is 4.39. The summed E-state index contributed by atoms with van der Waals surface area (Å²) >= 11 is 0. The van der Waals surface area contributed by atoms with Crippen molar-refractivity contribution in [3.63, 3.8) is 0 Å². The van der Waals surface area contributed by atoms with Crippen LogP contribution >= 0.6 is 0 Å². The highest BCUT2D eigenvalue weighted by atomic mass is 19.1. The molecule has 190 valence electrons. The molecule has 2 amide bonds. The number of halogens is 2. The zero-order valence-electron chi connectivity index (χ0n) is 20.2. The zero-order chi connectivity index (χ0) is 25.9. The second kappa shape index (κ2) is 10.4. The predicted molar refractivity (Wildman–Crippen MR) is 139 cm³/mol. The van der Waals surface area contributed by atoms with Gasteiger partial charge in [0.15, 0.2) is 0 Å². The summed E-state index contributed by atoms with van der Waals surface area (Å²) in [6.45, 7) is 4.09. The van der Waals surface area contributed by atoms with E-state index in [9.17, 15) is 18.4 Å². The summed E-state index contributed by atoms with van der Waals surface area (Å²) in [5.41, 5.74) is 4.13. The Morgan fingerprint density at radius 3 is 2.19 bits per heavy atom. The zero-order valence-corrected chi connectivity index (χ0v) is 20.2. The number of hydrogen-bond acceptors (Lipinski definition) is 5. The number of H-pyrrole nitrogens is 1. The number of nitrogens with one attached hydrogen (secondary N) is 3. The molecule has 3 aromatic carbocycles. The molecule has 0 saturated carbocycles. The van der Waals surface area contributed by atoms with Gasteiger partial charge in [-0.05, 0) is 49.5 Å². The maximum absolute atomic E-state index is 13.3. The van der Waals surface area contributed by atoms with Crippen molar-refractivity contribution in [3.8, 4) is 11.3 Å². The number of carbonyl (C=O) groups is 2. The van der Waals surface area contributed by atoms with Crippen molar-refractivity contribution in [2.75, 3.05) is 48.8 Å². The Labute approximate surface area is 212 Å².